The average Bonchev–Trinajstić information content (AvgIpc) is 3.27. The van der Waals surface area contributed by atoms with E-state index in [1.165, 1.54) is 30.6 Å². The first-order valence-corrected chi connectivity index (χ1v) is 9.26. The molecular formula is C14H26N2O4S. The number of carboxylic acids is 1. The Morgan fingerprint density at radius 3 is 2.29 bits per heavy atom. The number of nitrogens with zero attached hydrogens (tertiary/aromatic N) is 2. The Balaban J connectivity index is 1.99. The van der Waals surface area contributed by atoms with E-state index < -0.39 is 16.2 Å². The normalized spacial score (nSPS) is 21.1. The lowest BCUT2D eigenvalue weighted by atomic mass is 9.89. The van der Waals surface area contributed by atoms with Gasteiger partial charge in [0, 0.05) is 26.2 Å². The van der Waals surface area contributed by atoms with Crippen LogP contribution in [0.5, 0.6) is 0 Å². The Morgan fingerprint density at radius 2 is 1.76 bits per heavy atom. The lowest BCUT2D eigenvalue weighted by molar-refractivity contribution is -0.137. The molecule has 122 valence electrons. The molecule has 0 radical (unpaired) electrons. The van der Waals surface area contributed by atoms with Gasteiger partial charge in [-0.3, -0.25) is 4.79 Å². The smallest absolute Gasteiger partial charge is 0.304 e. The molecule has 0 amide bonds. The maximum Gasteiger partial charge on any atom is 0.304 e. The van der Waals surface area contributed by atoms with Gasteiger partial charge in [-0.05, 0) is 31.6 Å². The van der Waals surface area contributed by atoms with E-state index in [9.17, 15) is 13.2 Å². The van der Waals surface area contributed by atoms with Crippen LogP contribution in [0.3, 0.4) is 0 Å². The molecule has 1 N–H and O–H groups in total. The molecule has 0 aromatic heterocycles. The third kappa shape index (κ3) is 4.66. The molecule has 2 fully saturated rings. The van der Waals surface area contributed by atoms with Crippen LogP contribution in [0.2, 0.25) is 0 Å². The van der Waals surface area contributed by atoms with Crippen molar-refractivity contribution in [1.82, 2.24) is 8.61 Å². The highest BCUT2D eigenvalue weighted by Crippen LogP contribution is 2.33. The molecule has 0 heterocycles. The predicted molar refractivity (Wildman–Crippen MR) is 80.1 cm³/mol. The topological polar surface area (TPSA) is 77.9 Å². The number of carboxylic acid groups (broad SMARTS) is 1. The summed E-state index contributed by atoms with van der Waals surface area (Å²) in [4.78, 5) is 10.6. The Bertz CT molecular complexity index is 456. The Labute approximate surface area is 127 Å². The second kappa shape index (κ2) is 7.07. The van der Waals surface area contributed by atoms with Gasteiger partial charge in [-0.25, -0.2) is 0 Å². The third-order valence-electron chi connectivity index (χ3n) is 4.45. The first-order valence-electron chi connectivity index (χ1n) is 7.86. The van der Waals surface area contributed by atoms with Crippen LogP contribution >= 0.6 is 0 Å². The van der Waals surface area contributed by atoms with Crippen molar-refractivity contribution in [3.05, 3.63) is 0 Å². The summed E-state index contributed by atoms with van der Waals surface area (Å²) in [5.41, 5.74) is 0. The molecule has 2 rings (SSSR count). The van der Waals surface area contributed by atoms with Crippen LogP contribution in [0.1, 0.15) is 51.4 Å². The van der Waals surface area contributed by atoms with E-state index in [1.807, 2.05) is 0 Å². The zero-order valence-corrected chi connectivity index (χ0v) is 13.5. The number of aliphatic carboxylic acids is 1. The highest BCUT2D eigenvalue weighted by atomic mass is 32.2. The summed E-state index contributed by atoms with van der Waals surface area (Å²) < 4.78 is 28.1. The van der Waals surface area contributed by atoms with E-state index in [0.717, 1.165) is 25.7 Å². The van der Waals surface area contributed by atoms with Crippen molar-refractivity contribution < 1.29 is 18.3 Å². The van der Waals surface area contributed by atoms with Crippen molar-refractivity contribution in [1.29, 1.82) is 0 Å². The van der Waals surface area contributed by atoms with Gasteiger partial charge in [0.2, 0.25) is 0 Å². The molecule has 0 bridgehead atoms. The van der Waals surface area contributed by atoms with Crippen molar-refractivity contribution >= 4 is 16.2 Å². The summed E-state index contributed by atoms with van der Waals surface area (Å²) in [5.74, 6) is -0.510. The molecule has 2 saturated carbocycles. The Kier molecular flexibility index (Phi) is 5.62. The SMILES string of the molecule is CN(CCC(=O)O)S(=O)(=O)N(CC1CCCCC1)C1CC1. The van der Waals surface area contributed by atoms with Crippen LogP contribution in [0.15, 0.2) is 0 Å². The minimum atomic E-state index is -3.53. The summed E-state index contributed by atoms with van der Waals surface area (Å²) in [6.07, 6.45) is 7.56. The van der Waals surface area contributed by atoms with Crippen LogP contribution in [-0.2, 0) is 15.0 Å². The molecule has 0 aromatic rings. The van der Waals surface area contributed by atoms with Crippen molar-refractivity contribution in [3.8, 4) is 0 Å². The molecule has 2 aliphatic rings. The van der Waals surface area contributed by atoms with Crippen molar-refractivity contribution in [2.75, 3.05) is 20.1 Å². The van der Waals surface area contributed by atoms with Gasteiger partial charge in [-0.15, -0.1) is 0 Å². The second-order valence-corrected chi connectivity index (χ2v) is 8.27. The van der Waals surface area contributed by atoms with Gasteiger partial charge < -0.3 is 5.11 Å². The van der Waals surface area contributed by atoms with Gasteiger partial charge in [0.15, 0.2) is 0 Å². The molecule has 6 nitrogen and oxygen atoms in total. The van der Waals surface area contributed by atoms with Crippen molar-refractivity contribution in [2.45, 2.75) is 57.4 Å². The maximum absolute atomic E-state index is 12.7. The standard InChI is InChI=1S/C14H26N2O4S/c1-15(10-9-14(17)18)21(19,20)16(13-7-8-13)11-12-5-3-2-4-6-12/h12-13H,2-11H2,1H3,(H,17,18). The molecule has 0 spiro atoms. The van der Waals surface area contributed by atoms with Gasteiger partial charge in [-0.1, -0.05) is 19.3 Å². The molecule has 7 heteroatoms. The number of hydrogen-bond acceptors (Lipinski definition) is 3. The third-order valence-corrected chi connectivity index (χ3v) is 6.46. The first-order chi connectivity index (χ1) is 9.91. The van der Waals surface area contributed by atoms with E-state index in [4.69, 9.17) is 5.11 Å². The monoisotopic (exact) mass is 318 g/mol. The van der Waals surface area contributed by atoms with Crippen molar-refractivity contribution in [2.24, 2.45) is 5.92 Å². The summed E-state index contributed by atoms with van der Waals surface area (Å²) in [6.45, 7) is 0.635. The van der Waals surface area contributed by atoms with E-state index in [-0.39, 0.29) is 19.0 Å². The minimum Gasteiger partial charge on any atom is -0.481 e. The van der Waals surface area contributed by atoms with E-state index in [2.05, 4.69) is 0 Å². The summed E-state index contributed by atoms with van der Waals surface area (Å²) in [6, 6.07) is 0.129. The summed E-state index contributed by atoms with van der Waals surface area (Å²) >= 11 is 0. The summed E-state index contributed by atoms with van der Waals surface area (Å²) in [7, 11) is -2.05. The molecule has 0 unspecified atom stereocenters. The minimum absolute atomic E-state index is 0.0333. The summed E-state index contributed by atoms with van der Waals surface area (Å²) in [5, 5.41) is 8.71. The van der Waals surface area contributed by atoms with Gasteiger partial charge in [-0.2, -0.15) is 17.0 Å². The highest BCUT2D eigenvalue weighted by Gasteiger charge is 2.40. The molecule has 0 saturated heterocycles. The zero-order chi connectivity index (χ0) is 15.5. The van der Waals surface area contributed by atoms with Gasteiger partial charge in [0.25, 0.3) is 10.2 Å². The molecular weight excluding hydrogens is 292 g/mol. The second-order valence-electron chi connectivity index (χ2n) is 6.28. The van der Waals surface area contributed by atoms with E-state index >= 15 is 0 Å². The van der Waals surface area contributed by atoms with Gasteiger partial charge >= 0.3 is 5.97 Å². The van der Waals surface area contributed by atoms with Crippen LogP contribution in [-0.4, -0.2) is 54.3 Å². The van der Waals surface area contributed by atoms with Crippen molar-refractivity contribution in [3.63, 3.8) is 0 Å². The van der Waals surface area contributed by atoms with Crippen LogP contribution in [0.25, 0.3) is 0 Å². The van der Waals surface area contributed by atoms with E-state index in [0.29, 0.717) is 12.5 Å². The number of hydrogen-bond donors (Lipinski definition) is 1. The quantitative estimate of drug-likeness (QED) is 0.738. The molecule has 0 aliphatic heterocycles. The predicted octanol–water partition coefficient (Wildman–Crippen LogP) is 1.68. The van der Waals surface area contributed by atoms with E-state index in [1.54, 1.807) is 4.31 Å². The molecule has 0 atom stereocenters. The Morgan fingerprint density at radius 1 is 1.14 bits per heavy atom. The average molecular weight is 318 g/mol. The van der Waals surface area contributed by atoms with Crippen LogP contribution < -0.4 is 0 Å². The lowest BCUT2D eigenvalue weighted by Crippen LogP contribution is -2.46. The lowest BCUT2D eigenvalue weighted by Gasteiger charge is -2.32. The zero-order valence-electron chi connectivity index (χ0n) is 12.7. The molecule has 2 aliphatic carbocycles. The van der Waals surface area contributed by atoms with Crippen LogP contribution in [0.4, 0.5) is 0 Å². The Hall–Kier alpha value is -0.660. The maximum atomic E-state index is 12.7. The van der Waals surface area contributed by atoms with Gasteiger partial charge in [0.05, 0.1) is 6.42 Å². The first kappa shape index (κ1) is 16.7. The van der Waals surface area contributed by atoms with Gasteiger partial charge in [0.1, 0.15) is 0 Å². The van der Waals surface area contributed by atoms with Crippen LogP contribution in [0, 0.1) is 5.92 Å². The number of rotatable bonds is 8. The molecule has 0 aromatic carbocycles. The highest BCUT2D eigenvalue weighted by molar-refractivity contribution is 7.86. The fourth-order valence-corrected chi connectivity index (χ4v) is 4.63. The molecule has 21 heavy (non-hydrogen) atoms. The fraction of sp³-hybridized carbons (Fsp3) is 0.929. The largest absolute Gasteiger partial charge is 0.481 e. The fourth-order valence-electron chi connectivity index (χ4n) is 2.97. The number of carbonyl (C=O) groups is 1.